The van der Waals surface area contributed by atoms with Gasteiger partial charge in [0.1, 0.15) is 5.75 Å². The zero-order valence-electron chi connectivity index (χ0n) is 12.9. The molecule has 0 unspecified atom stereocenters. The number of carbonyl (C=O) groups is 1. The van der Waals surface area contributed by atoms with Crippen molar-refractivity contribution in [1.82, 2.24) is 5.32 Å². The molecular formula is C17H19ClN2O2. The maximum absolute atomic E-state index is 12.1. The van der Waals surface area contributed by atoms with Crippen molar-refractivity contribution in [2.75, 3.05) is 12.4 Å². The van der Waals surface area contributed by atoms with Crippen LogP contribution in [-0.2, 0) is 6.54 Å². The van der Waals surface area contributed by atoms with E-state index in [1.54, 1.807) is 7.11 Å². The predicted molar refractivity (Wildman–Crippen MR) is 89.8 cm³/mol. The second-order valence-electron chi connectivity index (χ2n) is 5.06. The summed E-state index contributed by atoms with van der Waals surface area (Å²) >= 11 is 6.18. The fraction of sp³-hybridized carbons (Fsp3) is 0.235. The van der Waals surface area contributed by atoms with Gasteiger partial charge in [0.05, 0.1) is 17.8 Å². The highest BCUT2D eigenvalue weighted by molar-refractivity contribution is 6.34. The zero-order valence-corrected chi connectivity index (χ0v) is 13.6. The molecule has 0 saturated carbocycles. The number of rotatable bonds is 4. The summed E-state index contributed by atoms with van der Waals surface area (Å²) in [5.41, 5.74) is 3.52. The Morgan fingerprint density at radius 3 is 2.64 bits per heavy atom. The predicted octanol–water partition coefficient (Wildman–Crippen LogP) is 4.29. The third-order valence-corrected chi connectivity index (χ3v) is 3.60. The lowest BCUT2D eigenvalue weighted by molar-refractivity contribution is 0.251. The Kier molecular flexibility index (Phi) is 5.28. The summed E-state index contributed by atoms with van der Waals surface area (Å²) in [6.45, 7) is 4.25. The number of benzene rings is 2. The van der Waals surface area contributed by atoms with E-state index in [4.69, 9.17) is 16.3 Å². The molecule has 0 aromatic heterocycles. The number of ether oxygens (including phenoxy) is 1. The van der Waals surface area contributed by atoms with Crippen molar-refractivity contribution < 1.29 is 9.53 Å². The number of urea groups is 1. The highest BCUT2D eigenvalue weighted by Gasteiger charge is 2.10. The summed E-state index contributed by atoms with van der Waals surface area (Å²) in [4.78, 5) is 12.1. The number of aryl methyl sites for hydroxylation is 2. The topological polar surface area (TPSA) is 50.4 Å². The Bertz CT molecular complexity index is 663. The summed E-state index contributed by atoms with van der Waals surface area (Å²) in [5, 5.41) is 6.13. The number of amides is 2. The Balaban J connectivity index is 2.02. The lowest BCUT2D eigenvalue weighted by Gasteiger charge is -2.13. The lowest BCUT2D eigenvalue weighted by atomic mass is 10.1. The molecule has 0 aliphatic carbocycles. The van der Waals surface area contributed by atoms with Crippen LogP contribution in [0, 0.1) is 13.8 Å². The number of hydrogen-bond donors (Lipinski definition) is 2. The van der Waals surface area contributed by atoms with Crippen LogP contribution in [0.1, 0.15) is 16.7 Å². The van der Waals surface area contributed by atoms with Gasteiger partial charge in [0.25, 0.3) is 0 Å². The number of anilines is 1. The minimum atomic E-state index is -0.306. The van der Waals surface area contributed by atoms with Crippen LogP contribution in [0.2, 0.25) is 5.02 Å². The van der Waals surface area contributed by atoms with Crippen LogP contribution in [0.5, 0.6) is 5.75 Å². The number of methoxy groups -OCH3 is 1. The first kappa shape index (κ1) is 16.2. The first-order valence-electron chi connectivity index (χ1n) is 6.94. The Hall–Kier alpha value is -2.20. The monoisotopic (exact) mass is 318 g/mol. The largest absolute Gasteiger partial charge is 0.496 e. The molecule has 2 rings (SSSR count). The molecule has 0 aliphatic rings. The molecule has 2 aromatic carbocycles. The van der Waals surface area contributed by atoms with E-state index < -0.39 is 0 Å². The minimum Gasteiger partial charge on any atom is -0.496 e. The van der Waals surface area contributed by atoms with Gasteiger partial charge >= 0.3 is 6.03 Å². The Morgan fingerprint density at radius 2 is 1.95 bits per heavy atom. The van der Waals surface area contributed by atoms with Crippen molar-refractivity contribution >= 4 is 23.3 Å². The van der Waals surface area contributed by atoms with Gasteiger partial charge in [-0.25, -0.2) is 4.79 Å². The van der Waals surface area contributed by atoms with Gasteiger partial charge in [0.15, 0.2) is 0 Å². The number of carbonyl (C=O) groups excluding carboxylic acids is 1. The van der Waals surface area contributed by atoms with Crippen LogP contribution >= 0.6 is 11.6 Å². The molecule has 116 valence electrons. The highest BCUT2D eigenvalue weighted by Crippen LogP contribution is 2.27. The summed E-state index contributed by atoms with van der Waals surface area (Å²) in [7, 11) is 1.61. The molecule has 0 heterocycles. The van der Waals surface area contributed by atoms with Crippen LogP contribution < -0.4 is 15.4 Å². The van der Waals surface area contributed by atoms with Crippen molar-refractivity contribution in [3.05, 3.63) is 58.1 Å². The van der Waals surface area contributed by atoms with Gasteiger partial charge < -0.3 is 15.4 Å². The summed E-state index contributed by atoms with van der Waals surface area (Å²) in [6.07, 6.45) is 0. The normalized spacial score (nSPS) is 10.2. The molecule has 0 saturated heterocycles. The van der Waals surface area contributed by atoms with E-state index in [-0.39, 0.29) is 6.03 Å². The maximum atomic E-state index is 12.1. The molecule has 0 fully saturated rings. The number of nitrogens with one attached hydrogen (secondary N) is 2. The van der Waals surface area contributed by atoms with Crippen molar-refractivity contribution in [2.45, 2.75) is 20.4 Å². The molecule has 5 heteroatoms. The van der Waals surface area contributed by atoms with Crippen LogP contribution in [0.4, 0.5) is 10.5 Å². The molecule has 0 atom stereocenters. The molecule has 0 radical (unpaired) electrons. The van der Waals surface area contributed by atoms with Crippen LogP contribution in [0.15, 0.2) is 36.4 Å². The van der Waals surface area contributed by atoms with Gasteiger partial charge in [-0.3, -0.25) is 0 Å². The van der Waals surface area contributed by atoms with Crippen LogP contribution in [0.25, 0.3) is 0 Å². The molecule has 22 heavy (non-hydrogen) atoms. The van der Waals surface area contributed by atoms with E-state index in [0.29, 0.717) is 17.3 Å². The van der Waals surface area contributed by atoms with Crippen molar-refractivity contribution in [2.24, 2.45) is 0 Å². The number of hydrogen-bond acceptors (Lipinski definition) is 2. The van der Waals surface area contributed by atoms with Crippen LogP contribution in [-0.4, -0.2) is 13.1 Å². The van der Waals surface area contributed by atoms with Crippen LogP contribution in [0.3, 0.4) is 0 Å². The van der Waals surface area contributed by atoms with E-state index in [2.05, 4.69) is 10.6 Å². The van der Waals surface area contributed by atoms with E-state index >= 15 is 0 Å². The molecule has 0 aliphatic heterocycles. The lowest BCUT2D eigenvalue weighted by Crippen LogP contribution is -2.28. The first-order chi connectivity index (χ1) is 10.5. The third kappa shape index (κ3) is 3.92. The molecule has 2 N–H and O–H groups in total. The van der Waals surface area contributed by atoms with E-state index in [9.17, 15) is 4.79 Å². The van der Waals surface area contributed by atoms with Gasteiger partial charge in [-0.2, -0.15) is 0 Å². The second-order valence-corrected chi connectivity index (χ2v) is 5.47. The quantitative estimate of drug-likeness (QED) is 0.883. The fourth-order valence-corrected chi connectivity index (χ4v) is 2.62. The average Bonchev–Trinajstić information content (AvgIpc) is 2.49. The van der Waals surface area contributed by atoms with Crippen molar-refractivity contribution in [1.29, 1.82) is 0 Å². The standard InChI is InChI=1S/C17H19ClN2O2/c1-11-8-12(2)16(14(18)9-11)20-17(21)19-10-13-6-4-5-7-15(13)22-3/h4-9H,10H2,1-3H3,(H2,19,20,21). The molecule has 0 spiro atoms. The molecule has 2 amide bonds. The van der Waals surface area contributed by atoms with E-state index in [1.165, 1.54) is 0 Å². The Labute approximate surface area is 135 Å². The fourth-order valence-electron chi connectivity index (χ4n) is 2.26. The smallest absolute Gasteiger partial charge is 0.319 e. The summed E-state index contributed by atoms with van der Waals surface area (Å²) in [6, 6.07) is 11.0. The average molecular weight is 319 g/mol. The summed E-state index contributed by atoms with van der Waals surface area (Å²) in [5.74, 6) is 0.743. The minimum absolute atomic E-state index is 0.306. The van der Waals surface area contributed by atoms with Crippen molar-refractivity contribution in [3.8, 4) is 5.75 Å². The van der Waals surface area contributed by atoms with E-state index in [0.717, 1.165) is 22.4 Å². The molecular weight excluding hydrogens is 300 g/mol. The molecule has 2 aromatic rings. The first-order valence-corrected chi connectivity index (χ1v) is 7.32. The third-order valence-electron chi connectivity index (χ3n) is 3.30. The van der Waals surface area contributed by atoms with E-state index in [1.807, 2.05) is 50.2 Å². The van der Waals surface area contributed by atoms with Gasteiger partial charge in [-0.05, 0) is 37.1 Å². The molecule has 0 bridgehead atoms. The second kappa shape index (κ2) is 7.18. The molecule has 4 nitrogen and oxygen atoms in total. The summed E-state index contributed by atoms with van der Waals surface area (Å²) < 4.78 is 5.25. The van der Waals surface area contributed by atoms with Crippen molar-refractivity contribution in [3.63, 3.8) is 0 Å². The maximum Gasteiger partial charge on any atom is 0.319 e. The SMILES string of the molecule is COc1ccccc1CNC(=O)Nc1c(C)cc(C)cc1Cl. The van der Waals surface area contributed by atoms with Gasteiger partial charge in [-0.15, -0.1) is 0 Å². The van der Waals surface area contributed by atoms with Gasteiger partial charge in [0, 0.05) is 12.1 Å². The van der Waals surface area contributed by atoms with Gasteiger partial charge in [-0.1, -0.05) is 35.9 Å². The Morgan fingerprint density at radius 1 is 1.23 bits per heavy atom. The number of halogens is 1. The number of para-hydroxylation sites is 1. The zero-order chi connectivity index (χ0) is 16.1. The van der Waals surface area contributed by atoms with Gasteiger partial charge in [0.2, 0.25) is 0 Å². The highest BCUT2D eigenvalue weighted by atomic mass is 35.5.